The summed E-state index contributed by atoms with van der Waals surface area (Å²) in [6.45, 7) is 5.74. The number of carbonyl (C=O) groups excluding carboxylic acids is 1. The van der Waals surface area contributed by atoms with Crippen LogP contribution in [0.3, 0.4) is 0 Å². The van der Waals surface area contributed by atoms with Gasteiger partial charge in [-0.15, -0.1) is 0 Å². The fourth-order valence-electron chi connectivity index (χ4n) is 2.22. The first kappa shape index (κ1) is 20.3. The Balaban J connectivity index is 2.28. The van der Waals surface area contributed by atoms with Gasteiger partial charge in [-0.2, -0.15) is 4.31 Å². The van der Waals surface area contributed by atoms with Gasteiger partial charge in [0.25, 0.3) is 0 Å². The molecular weight excluding hydrogens is 364 g/mol. The quantitative estimate of drug-likeness (QED) is 0.538. The standard InChI is InChI=1S/C16H22N2O7S/c1-16(2,3)15(19)11-25-14-5-4-12(10-13(14)18(20)21)26(22,23)17-6-8-24-9-7-17/h4-5,10H,6-9,11H2,1-3H3. The van der Waals surface area contributed by atoms with E-state index in [2.05, 4.69) is 0 Å². The molecule has 2 rings (SSSR count). The molecule has 0 unspecified atom stereocenters. The van der Waals surface area contributed by atoms with Gasteiger partial charge in [0.1, 0.15) is 6.61 Å². The SMILES string of the molecule is CC(C)(C)C(=O)COc1ccc(S(=O)(=O)N2CCOCC2)cc1[N+](=O)[O-]. The minimum absolute atomic E-state index is 0.145. The Labute approximate surface area is 152 Å². The average Bonchev–Trinajstić information content (AvgIpc) is 2.59. The smallest absolute Gasteiger partial charge is 0.312 e. The Hall–Kier alpha value is -2.04. The number of ether oxygens (including phenoxy) is 2. The highest BCUT2D eigenvalue weighted by atomic mass is 32.2. The van der Waals surface area contributed by atoms with Gasteiger partial charge in [-0.3, -0.25) is 14.9 Å². The normalized spacial score (nSPS) is 16.3. The molecule has 1 fully saturated rings. The van der Waals surface area contributed by atoms with E-state index in [1.54, 1.807) is 20.8 Å². The van der Waals surface area contributed by atoms with E-state index in [4.69, 9.17) is 9.47 Å². The molecule has 1 heterocycles. The lowest BCUT2D eigenvalue weighted by Crippen LogP contribution is -2.40. The summed E-state index contributed by atoms with van der Waals surface area (Å²) >= 11 is 0. The monoisotopic (exact) mass is 386 g/mol. The van der Waals surface area contributed by atoms with E-state index in [-0.39, 0.29) is 49.3 Å². The van der Waals surface area contributed by atoms with Crippen molar-refractivity contribution in [3.8, 4) is 5.75 Å². The lowest BCUT2D eigenvalue weighted by atomic mass is 9.91. The lowest BCUT2D eigenvalue weighted by Gasteiger charge is -2.26. The molecule has 0 N–H and O–H groups in total. The fourth-order valence-corrected chi connectivity index (χ4v) is 3.65. The van der Waals surface area contributed by atoms with Crippen LogP contribution in [0.2, 0.25) is 0 Å². The molecule has 0 atom stereocenters. The van der Waals surface area contributed by atoms with Gasteiger partial charge in [0.2, 0.25) is 10.0 Å². The topological polar surface area (TPSA) is 116 Å². The Bertz CT molecular complexity index is 793. The number of carbonyl (C=O) groups is 1. The molecule has 9 nitrogen and oxygen atoms in total. The minimum atomic E-state index is -3.86. The Morgan fingerprint density at radius 2 is 1.92 bits per heavy atom. The van der Waals surface area contributed by atoms with Crippen LogP contribution in [0.25, 0.3) is 0 Å². The van der Waals surface area contributed by atoms with Crippen LogP contribution in [0.5, 0.6) is 5.75 Å². The van der Waals surface area contributed by atoms with Crippen molar-refractivity contribution in [2.24, 2.45) is 5.41 Å². The molecule has 10 heteroatoms. The van der Waals surface area contributed by atoms with Crippen molar-refractivity contribution in [1.29, 1.82) is 0 Å². The maximum atomic E-state index is 12.6. The number of hydrogen-bond donors (Lipinski definition) is 0. The molecule has 0 bridgehead atoms. The van der Waals surface area contributed by atoms with Gasteiger partial charge in [0, 0.05) is 24.6 Å². The Morgan fingerprint density at radius 1 is 1.31 bits per heavy atom. The van der Waals surface area contributed by atoms with Gasteiger partial charge in [0.15, 0.2) is 11.5 Å². The molecule has 1 aliphatic rings. The predicted molar refractivity (Wildman–Crippen MR) is 92.6 cm³/mol. The van der Waals surface area contributed by atoms with Crippen LogP contribution in [0, 0.1) is 15.5 Å². The molecule has 0 radical (unpaired) electrons. The van der Waals surface area contributed by atoms with Crippen molar-refractivity contribution >= 4 is 21.5 Å². The first-order valence-electron chi connectivity index (χ1n) is 8.06. The van der Waals surface area contributed by atoms with Crippen LogP contribution in [-0.4, -0.2) is 56.3 Å². The maximum absolute atomic E-state index is 12.6. The number of Topliss-reactive ketones (excluding diaryl/α,β-unsaturated/α-hetero) is 1. The number of sulfonamides is 1. The van der Waals surface area contributed by atoms with E-state index >= 15 is 0 Å². The Morgan fingerprint density at radius 3 is 2.46 bits per heavy atom. The van der Waals surface area contributed by atoms with E-state index in [1.165, 1.54) is 16.4 Å². The highest BCUT2D eigenvalue weighted by Crippen LogP contribution is 2.31. The second-order valence-electron chi connectivity index (χ2n) is 6.86. The van der Waals surface area contributed by atoms with E-state index in [0.717, 1.165) is 6.07 Å². The van der Waals surface area contributed by atoms with E-state index in [9.17, 15) is 23.3 Å². The first-order valence-corrected chi connectivity index (χ1v) is 9.50. The van der Waals surface area contributed by atoms with Crippen molar-refractivity contribution in [2.75, 3.05) is 32.9 Å². The number of hydrogen-bond acceptors (Lipinski definition) is 7. The van der Waals surface area contributed by atoms with Gasteiger partial charge < -0.3 is 9.47 Å². The summed E-state index contributed by atoms with van der Waals surface area (Å²) in [4.78, 5) is 22.4. The van der Waals surface area contributed by atoms with Crippen LogP contribution in [-0.2, 0) is 19.6 Å². The van der Waals surface area contributed by atoms with Gasteiger partial charge in [0.05, 0.1) is 23.0 Å². The van der Waals surface area contributed by atoms with Crippen LogP contribution >= 0.6 is 0 Å². The van der Waals surface area contributed by atoms with E-state index in [1.807, 2.05) is 0 Å². The molecule has 1 saturated heterocycles. The molecule has 1 aromatic rings. The van der Waals surface area contributed by atoms with Crippen molar-refractivity contribution in [2.45, 2.75) is 25.7 Å². The highest BCUT2D eigenvalue weighted by molar-refractivity contribution is 7.89. The molecule has 0 aromatic heterocycles. The van der Waals surface area contributed by atoms with Crippen LogP contribution in [0.15, 0.2) is 23.1 Å². The van der Waals surface area contributed by atoms with E-state index in [0.29, 0.717) is 0 Å². The number of morpholine rings is 1. The molecule has 0 spiro atoms. The third kappa shape index (κ3) is 4.57. The van der Waals surface area contributed by atoms with Gasteiger partial charge in [-0.25, -0.2) is 8.42 Å². The van der Waals surface area contributed by atoms with Gasteiger partial charge in [-0.05, 0) is 12.1 Å². The third-order valence-electron chi connectivity index (χ3n) is 3.93. The largest absolute Gasteiger partial charge is 0.479 e. The lowest BCUT2D eigenvalue weighted by molar-refractivity contribution is -0.386. The number of rotatable bonds is 6. The molecule has 0 aliphatic carbocycles. The molecule has 26 heavy (non-hydrogen) atoms. The summed E-state index contributed by atoms with van der Waals surface area (Å²) in [6, 6.07) is 3.41. The van der Waals surface area contributed by atoms with Crippen molar-refractivity contribution in [1.82, 2.24) is 4.31 Å². The molecular formula is C16H22N2O7S. The fraction of sp³-hybridized carbons (Fsp3) is 0.562. The van der Waals surface area contributed by atoms with Crippen LogP contribution < -0.4 is 4.74 Å². The summed E-state index contributed by atoms with van der Waals surface area (Å²) in [5.74, 6) is -0.370. The summed E-state index contributed by atoms with van der Waals surface area (Å²) in [7, 11) is -3.86. The second kappa shape index (κ2) is 7.68. The van der Waals surface area contributed by atoms with Crippen molar-refractivity contribution in [3.63, 3.8) is 0 Å². The molecule has 1 aromatic carbocycles. The van der Waals surface area contributed by atoms with Crippen LogP contribution in [0.4, 0.5) is 5.69 Å². The van der Waals surface area contributed by atoms with Crippen molar-refractivity contribution in [3.05, 3.63) is 28.3 Å². The predicted octanol–water partition coefficient (Wildman–Crippen LogP) is 1.61. The summed E-state index contributed by atoms with van der Waals surface area (Å²) in [5.41, 5.74) is -1.14. The number of nitro benzene ring substituents is 1. The zero-order valence-corrected chi connectivity index (χ0v) is 15.7. The summed E-state index contributed by atoms with van der Waals surface area (Å²) in [6.07, 6.45) is 0. The minimum Gasteiger partial charge on any atom is -0.479 e. The molecule has 0 saturated carbocycles. The molecule has 1 aliphatic heterocycles. The van der Waals surface area contributed by atoms with Gasteiger partial charge in [-0.1, -0.05) is 20.8 Å². The summed E-state index contributed by atoms with van der Waals surface area (Å²) < 4.78 is 36.9. The van der Waals surface area contributed by atoms with Gasteiger partial charge >= 0.3 is 5.69 Å². The number of nitro groups is 1. The van der Waals surface area contributed by atoms with Crippen molar-refractivity contribution < 1.29 is 27.6 Å². The van der Waals surface area contributed by atoms with Crippen LogP contribution in [0.1, 0.15) is 20.8 Å². The number of benzene rings is 1. The molecule has 0 amide bonds. The maximum Gasteiger partial charge on any atom is 0.312 e. The summed E-state index contributed by atoms with van der Waals surface area (Å²) in [5, 5.41) is 11.3. The Kier molecular flexibility index (Phi) is 5.99. The highest BCUT2D eigenvalue weighted by Gasteiger charge is 2.30. The first-order chi connectivity index (χ1) is 12.0. The second-order valence-corrected chi connectivity index (χ2v) is 8.80. The van der Waals surface area contributed by atoms with E-state index < -0.39 is 26.0 Å². The number of nitrogens with zero attached hydrogens (tertiary/aromatic N) is 2. The molecule has 144 valence electrons. The third-order valence-corrected chi connectivity index (χ3v) is 5.82. The zero-order valence-electron chi connectivity index (χ0n) is 14.9. The average molecular weight is 386 g/mol. The zero-order chi connectivity index (χ0) is 19.5. The number of ketones is 1.